The Bertz CT molecular complexity index is 199. The molecule has 1 rings (SSSR count). The van der Waals surface area contributed by atoms with E-state index in [-0.39, 0.29) is 5.75 Å². The first-order chi connectivity index (χ1) is 5.70. The van der Waals surface area contributed by atoms with Gasteiger partial charge in [0.2, 0.25) is 0 Å². The van der Waals surface area contributed by atoms with Crippen LogP contribution in [0.3, 0.4) is 0 Å². The molecule has 0 aliphatic carbocycles. The topological polar surface area (TPSA) is 46.2 Å². The number of halogens is 1. The first-order valence-electron chi connectivity index (χ1n) is 3.46. The molecule has 0 unspecified atom stereocenters. The Morgan fingerprint density at radius 2 is 1.83 bits per heavy atom. The summed E-state index contributed by atoms with van der Waals surface area (Å²) in [6, 6.07) is 6.36. The number of aromatic hydroxyl groups is 1. The lowest BCUT2D eigenvalue weighted by Gasteiger charge is -1.87. The van der Waals surface area contributed by atoms with Crippen LogP contribution in [0, 0.1) is 0 Å². The summed E-state index contributed by atoms with van der Waals surface area (Å²) in [5.41, 5.74) is 4.91. The van der Waals surface area contributed by atoms with Gasteiger partial charge in [-0.05, 0) is 24.3 Å². The first-order valence-corrected chi connectivity index (χ1v) is 3.84. The average Bonchev–Trinajstić information content (AvgIpc) is 2.11. The van der Waals surface area contributed by atoms with Gasteiger partial charge in [0.15, 0.2) is 0 Å². The maximum Gasteiger partial charge on any atom is 0.115 e. The maximum absolute atomic E-state index is 8.70. The van der Waals surface area contributed by atoms with E-state index in [2.05, 4.69) is 6.58 Å². The second-order valence-electron chi connectivity index (χ2n) is 2.00. The third-order valence-corrected chi connectivity index (χ3v) is 1.25. The monoisotopic (exact) mass is 185 g/mol. The third kappa shape index (κ3) is 5.77. The van der Waals surface area contributed by atoms with Crippen molar-refractivity contribution in [2.24, 2.45) is 5.73 Å². The zero-order chi connectivity index (χ0) is 9.40. The number of hydrogen-bond acceptors (Lipinski definition) is 2. The lowest BCUT2D eigenvalue weighted by molar-refractivity contribution is 0.475. The van der Waals surface area contributed by atoms with Crippen LogP contribution in [0.2, 0.25) is 5.02 Å². The third-order valence-electron chi connectivity index (χ3n) is 0.993. The Kier molecular flexibility index (Phi) is 6.15. The molecule has 3 heteroatoms. The molecule has 0 bridgehead atoms. The van der Waals surface area contributed by atoms with Gasteiger partial charge in [0.1, 0.15) is 5.75 Å². The Balaban J connectivity index is 0.000000261. The van der Waals surface area contributed by atoms with E-state index in [0.29, 0.717) is 11.6 Å². The largest absolute Gasteiger partial charge is 0.508 e. The van der Waals surface area contributed by atoms with Crippen molar-refractivity contribution in [3.05, 3.63) is 41.9 Å². The smallest absolute Gasteiger partial charge is 0.115 e. The molecule has 0 atom stereocenters. The van der Waals surface area contributed by atoms with E-state index >= 15 is 0 Å². The van der Waals surface area contributed by atoms with Crippen molar-refractivity contribution < 1.29 is 5.11 Å². The number of hydrogen-bond donors (Lipinski definition) is 2. The number of phenolic OH excluding ortho intramolecular Hbond substituents is 1. The molecule has 0 spiro atoms. The van der Waals surface area contributed by atoms with Gasteiger partial charge in [-0.25, -0.2) is 0 Å². The van der Waals surface area contributed by atoms with Gasteiger partial charge in [0, 0.05) is 11.6 Å². The zero-order valence-electron chi connectivity index (χ0n) is 6.70. The van der Waals surface area contributed by atoms with Crippen LogP contribution in [0.5, 0.6) is 5.75 Å². The predicted octanol–water partition coefficient (Wildman–Crippen LogP) is 2.18. The fourth-order valence-electron chi connectivity index (χ4n) is 0.441. The highest BCUT2D eigenvalue weighted by atomic mass is 35.5. The fraction of sp³-hybridized carbons (Fsp3) is 0.111. The van der Waals surface area contributed by atoms with E-state index in [1.54, 1.807) is 30.3 Å². The molecule has 1 aromatic rings. The summed E-state index contributed by atoms with van der Waals surface area (Å²) in [7, 11) is 0. The maximum atomic E-state index is 8.70. The minimum atomic E-state index is 0.245. The molecule has 0 aromatic heterocycles. The van der Waals surface area contributed by atoms with Gasteiger partial charge >= 0.3 is 0 Å². The molecule has 0 saturated heterocycles. The molecule has 1 aromatic carbocycles. The summed E-state index contributed by atoms with van der Waals surface area (Å²) >= 11 is 5.50. The van der Waals surface area contributed by atoms with E-state index in [4.69, 9.17) is 22.4 Å². The van der Waals surface area contributed by atoms with Crippen LogP contribution in [0.1, 0.15) is 0 Å². The molecular formula is C9H12ClNO. The van der Waals surface area contributed by atoms with Crippen LogP contribution in [0.4, 0.5) is 0 Å². The molecule has 0 heterocycles. The number of benzene rings is 1. The Morgan fingerprint density at radius 1 is 1.42 bits per heavy atom. The van der Waals surface area contributed by atoms with Crippen LogP contribution < -0.4 is 5.73 Å². The summed E-state index contributed by atoms with van der Waals surface area (Å²) in [6.45, 7) is 3.94. The van der Waals surface area contributed by atoms with Crippen molar-refractivity contribution in [1.82, 2.24) is 0 Å². The summed E-state index contributed by atoms with van der Waals surface area (Å²) < 4.78 is 0. The zero-order valence-corrected chi connectivity index (χ0v) is 7.46. The molecular weight excluding hydrogens is 174 g/mol. The summed E-state index contributed by atoms with van der Waals surface area (Å²) in [5.74, 6) is 0.245. The quantitative estimate of drug-likeness (QED) is 0.659. The van der Waals surface area contributed by atoms with Gasteiger partial charge < -0.3 is 10.8 Å². The highest BCUT2D eigenvalue weighted by molar-refractivity contribution is 6.30. The van der Waals surface area contributed by atoms with Crippen molar-refractivity contribution in [3.63, 3.8) is 0 Å². The molecule has 12 heavy (non-hydrogen) atoms. The van der Waals surface area contributed by atoms with Crippen molar-refractivity contribution in [2.45, 2.75) is 0 Å². The van der Waals surface area contributed by atoms with Crippen molar-refractivity contribution >= 4 is 11.6 Å². The normalized spacial score (nSPS) is 8.17. The molecule has 2 nitrogen and oxygen atoms in total. The van der Waals surface area contributed by atoms with E-state index in [1.807, 2.05) is 0 Å². The van der Waals surface area contributed by atoms with Crippen molar-refractivity contribution in [2.75, 3.05) is 6.54 Å². The van der Waals surface area contributed by atoms with E-state index in [0.717, 1.165) is 0 Å². The highest BCUT2D eigenvalue weighted by Gasteiger charge is 1.84. The molecule has 0 radical (unpaired) electrons. The summed E-state index contributed by atoms with van der Waals surface area (Å²) in [5, 5.41) is 9.34. The standard InChI is InChI=1S/C6H5ClO.C3H7N/c7-5-1-3-6(8)4-2-5;1-2-3-4/h1-4,8H;2H,1,3-4H2. The molecule has 0 aliphatic rings. The molecule has 0 amide bonds. The van der Waals surface area contributed by atoms with Gasteiger partial charge in [-0.15, -0.1) is 6.58 Å². The molecule has 0 saturated carbocycles. The minimum Gasteiger partial charge on any atom is -0.508 e. The van der Waals surface area contributed by atoms with Gasteiger partial charge in [-0.1, -0.05) is 17.7 Å². The van der Waals surface area contributed by atoms with Gasteiger partial charge in [0.05, 0.1) is 0 Å². The van der Waals surface area contributed by atoms with Gasteiger partial charge in [-0.3, -0.25) is 0 Å². The molecule has 66 valence electrons. The van der Waals surface area contributed by atoms with Crippen LogP contribution in [-0.4, -0.2) is 11.7 Å². The molecule has 0 aliphatic heterocycles. The SMILES string of the molecule is C=CCN.Oc1ccc(Cl)cc1. The van der Waals surface area contributed by atoms with Gasteiger partial charge in [0.25, 0.3) is 0 Å². The number of rotatable bonds is 1. The van der Waals surface area contributed by atoms with E-state index in [9.17, 15) is 0 Å². The second-order valence-corrected chi connectivity index (χ2v) is 2.44. The second kappa shape index (κ2) is 6.70. The fourth-order valence-corrected chi connectivity index (χ4v) is 0.567. The lowest BCUT2D eigenvalue weighted by atomic mass is 10.3. The lowest BCUT2D eigenvalue weighted by Crippen LogP contribution is -1.90. The Hall–Kier alpha value is -0.990. The van der Waals surface area contributed by atoms with Crippen LogP contribution in [0.15, 0.2) is 36.9 Å². The Labute approximate surface area is 77.3 Å². The predicted molar refractivity (Wildman–Crippen MR) is 52.4 cm³/mol. The Morgan fingerprint density at radius 3 is 2.08 bits per heavy atom. The van der Waals surface area contributed by atoms with Gasteiger partial charge in [-0.2, -0.15) is 0 Å². The summed E-state index contributed by atoms with van der Waals surface area (Å²) in [6.07, 6.45) is 1.65. The van der Waals surface area contributed by atoms with Crippen molar-refractivity contribution in [3.8, 4) is 5.75 Å². The molecule has 0 fully saturated rings. The van der Waals surface area contributed by atoms with E-state index < -0.39 is 0 Å². The number of nitrogens with two attached hydrogens (primary N) is 1. The number of phenols is 1. The van der Waals surface area contributed by atoms with E-state index in [1.165, 1.54) is 0 Å². The first kappa shape index (κ1) is 11.0. The minimum absolute atomic E-state index is 0.245. The van der Waals surface area contributed by atoms with Crippen LogP contribution >= 0.6 is 11.6 Å². The highest BCUT2D eigenvalue weighted by Crippen LogP contribution is 2.12. The average molecular weight is 186 g/mol. The van der Waals surface area contributed by atoms with Crippen molar-refractivity contribution in [1.29, 1.82) is 0 Å². The summed E-state index contributed by atoms with van der Waals surface area (Å²) in [4.78, 5) is 0. The van der Waals surface area contributed by atoms with Crippen LogP contribution in [-0.2, 0) is 0 Å². The van der Waals surface area contributed by atoms with Crippen LogP contribution in [0.25, 0.3) is 0 Å². The molecule has 3 N–H and O–H groups in total.